The number of nitro groups is 1. The van der Waals surface area contributed by atoms with Gasteiger partial charge in [0.25, 0.3) is 11.6 Å². The lowest BCUT2D eigenvalue weighted by molar-refractivity contribution is -0.384. The molecule has 0 aliphatic heterocycles. The third kappa shape index (κ3) is 3.01. The van der Waals surface area contributed by atoms with Crippen LogP contribution < -0.4 is 5.32 Å². The predicted molar refractivity (Wildman–Crippen MR) is 72.0 cm³/mol. The summed E-state index contributed by atoms with van der Waals surface area (Å²) in [5.74, 6) is -0.704. The van der Waals surface area contributed by atoms with Gasteiger partial charge in [0, 0.05) is 18.0 Å². The van der Waals surface area contributed by atoms with Crippen molar-refractivity contribution < 1.29 is 14.8 Å². The van der Waals surface area contributed by atoms with Gasteiger partial charge in [0.05, 0.1) is 16.7 Å². The average Bonchev–Trinajstić information content (AvgIpc) is 2.40. The zero-order chi connectivity index (χ0) is 14.7. The van der Waals surface area contributed by atoms with Gasteiger partial charge >= 0.3 is 0 Å². The second kappa shape index (κ2) is 5.54. The number of anilines is 1. The van der Waals surface area contributed by atoms with Crippen molar-refractivity contribution in [1.29, 1.82) is 0 Å². The normalized spacial score (nSPS) is 10.1. The highest BCUT2D eigenvalue weighted by Crippen LogP contribution is 2.27. The van der Waals surface area contributed by atoms with E-state index in [-0.39, 0.29) is 27.7 Å². The Morgan fingerprint density at radius 2 is 2.10 bits per heavy atom. The van der Waals surface area contributed by atoms with E-state index < -0.39 is 10.8 Å². The van der Waals surface area contributed by atoms with Crippen LogP contribution in [0.2, 0.25) is 5.02 Å². The number of nitro benzene ring substituents is 1. The second-order valence-corrected chi connectivity index (χ2v) is 4.22. The van der Waals surface area contributed by atoms with Gasteiger partial charge in [-0.05, 0) is 18.2 Å². The minimum atomic E-state index is -0.645. The fraction of sp³-hybridized carbons (Fsp3) is 0. The van der Waals surface area contributed by atoms with Gasteiger partial charge in [-0.3, -0.25) is 19.9 Å². The van der Waals surface area contributed by atoms with Crippen LogP contribution in [-0.4, -0.2) is 20.9 Å². The number of carbonyl (C=O) groups excluding carboxylic acids is 1. The van der Waals surface area contributed by atoms with Crippen molar-refractivity contribution in [1.82, 2.24) is 4.98 Å². The Morgan fingerprint density at radius 1 is 1.35 bits per heavy atom. The van der Waals surface area contributed by atoms with Crippen LogP contribution in [0.25, 0.3) is 0 Å². The summed E-state index contributed by atoms with van der Waals surface area (Å²) in [4.78, 5) is 25.6. The lowest BCUT2D eigenvalue weighted by atomic mass is 10.2. The number of benzene rings is 1. The van der Waals surface area contributed by atoms with E-state index in [9.17, 15) is 20.0 Å². The Hall–Kier alpha value is -2.67. The van der Waals surface area contributed by atoms with Crippen molar-refractivity contribution in [3.05, 3.63) is 57.4 Å². The molecular formula is C12H8ClN3O4. The smallest absolute Gasteiger partial charge is 0.289 e. The molecule has 2 N–H and O–H groups in total. The molecular weight excluding hydrogens is 286 g/mol. The Morgan fingerprint density at radius 3 is 2.75 bits per heavy atom. The van der Waals surface area contributed by atoms with E-state index in [0.717, 1.165) is 6.07 Å². The van der Waals surface area contributed by atoms with Crippen LogP contribution in [0, 0.1) is 10.1 Å². The summed E-state index contributed by atoms with van der Waals surface area (Å²) in [5, 5.41) is 22.4. The molecule has 0 saturated heterocycles. The van der Waals surface area contributed by atoms with Gasteiger partial charge in [0.1, 0.15) is 10.8 Å². The number of carbonyl (C=O) groups is 1. The summed E-state index contributed by atoms with van der Waals surface area (Å²) in [6.45, 7) is 0. The Labute approximate surface area is 118 Å². The quantitative estimate of drug-likeness (QED) is 0.668. The maximum Gasteiger partial charge on any atom is 0.289 e. The van der Waals surface area contributed by atoms with E-state index in [2.05, 4.69) is 10.3 Å². The van der Waals surface area contributed by atoms with E-state index in [1.165, 1.54) is 30.6 Å². The van der Waals surface area contributed by atoms with Crippen molar-refractivity contribution in [3.63, 3.8) is 0 Å². The average molecular weight is 294 g/mol. The van der Waals surface area contributed by atoms with Crippen molar-refractivity contribution in [2.45, 2.75) is 0 Å². The molecule has 0 spiro atoms. The number of nitrogens with one attached hydrogen (secondary N) is 1. The minimum Gasteiger partial charge on any atom is -0.506 e. The predicted octanol–water partition coefficient (Wildman–Crippen LogP) is 2.60. The first-order valence-corrected chi connectivity index (χ1v) is 5.74. The summed E-state index contributed by atoms with van der Waals surface area (Å²) in [5.41, 5.74) is 0.0375. The zero-order valence-electron chi connectivity index (χ0n) is 9.91. The molecule has 102 valence electrons. The van der Waals surface area contributed by atoms with Crippen LogP contribution >= 0.6 is 11.6 Å². The van der Waals surface area contributed by atoms with Gasteiger partial charge in [-0.25, -0.2) is 0 Å². The number of aromatic nitrogens is 1. The molecule has 2 aromatic rings. The van der Waals surface area contributed by atoms with Crippen molar-refractivity contribution in [2.24, 2.45) is 0 Å². The van der Waals surface area contributed by atoms with Crippen LogP contribution in [0.15, 0.2) is 36.7 Å². The van der Waals surface area contributed by atoms with Crippen LogP contribution in [0.1, 0.15) is 10.4 Å². The number of halogens is 1. The number of aromatic hydroxyl groups is 1. The van der Waals surface area contributed by atoms with E-state index >= 15 is 0 Å². The summed E-state index contributed by atoms with van der Waals surface area (Å²) in [6.07, 6.45) is 2.45. The third-order valence-electron chi connectivity index (χ3n) is 2.39. The lowest BCUT2D eigenvalue weighted by Gasteiger charge is -2.05. The van der Waals surface area contributed by atoms with Gasteiger partial charge in [-0.1, -0.05) is 11.6 Å². The van der Waals surface area contributed by atoms with Crippen molar-refractivity contribution >= 4 is 28.9 Å². The summed E-state index contributed by atoms with van der Waals surface area (Å²) < 4.78 is 0. The molecule has 1 heterocycles. The summed E-state index contributed by atoms with van der Waals surface area (Å²) in [6, 6.07) is 5.13. The monoisotopic (exact) mass is 293 g/mol. The van der Waals surface area contributed by atoms with E-state index in [1.807, 2.05) is 0 Å². The molecule has 2 rings (SSSR count). The first kappa shape index (κ1) is 13.8. The van der Waals surface area contributed by atoms with Gasteiger partial charge in [-0.15, -0.1) is 0 Å². The van der Waals surface area contributed by atoms with E-state index in [0.29, 0.717) is 0 Å². The fourth-order valence-corrected chi connectivity index (χ4v) is 1.67. The summed E-state index contributed by atoms with van der Waals surface area (Å²) >= 11 is 5.67. The van der Waals surface area contributed by atoms with Gasteiger partial charge in [0.2, 0.25) is 0 Å². The largest absolute Gasteiger partial charge is 0.506 e. The molecule has 8 heteroatoms. The van der Waals surface area contributed by atoms with Gasteiger partial charge in [0.15, 0.2) is 0 Å². The van der Waals surface area contributed by atoms with Crippen molar-refractivity contribution in [3.8, 4) is 5.75 Å². The number of rotatable bonds is 3. The molecule has 1 aromatic carbocycles. The first-order chi connectivity index (χ1) is 9.47. The lowest BCUT2D eigenvalue weighted by Crippen LogP contribution is -2.12. The number of amides is 1. The van der Waals surface area contributed by atoms with Gasteiger partial charge in [-0.2, -0.15) is 0 Å². The topological polar surface area (TPSA) is 105 Å². The maximum atomic E-state index is 11.9. The Balaban J connectivity index is 2.24. The van der Waals surface area contributed by atoms with E-state index in [1.54, 1.807) is 0 Å². The molecule has 0 atom stereocenters. The van der Waals surface area contributed by atoms with Crippen LogP contribution in [-0.2, 0) is 0 Å². The van der Waals surface area contributed by atoms with Crippen LogP contribution in [0.5, 0.6) is 5.75 Å². The molecule has 1 amide bonds. The van der Waals surface area contributed by atoms with Crippen LogP contribution in [0.4, 0.5) is 11.4 Å². The molecule has 0 radical (unpaired) electrons. The molecule has 0 aliphatic rings. The number of nitrogens with zero attached hydrogens (tertiary/aromatic N) is 2. The Kier molecular flexibility index (Phi) is 3.81. The maximum absolute atomic E-state index is 11.9. The molecule has 0 aliphatic carbocycles. The Bertz CT molecular complexity index is 690. The van der Waals surface area contributed by atoms with Crippen LogP contribution in [0.3, 0.4) is 0 Å². The molecule has 0 saturated carbocycles. The highest BCUT2D eigenvalue weighted by molar-refractivity contribution is 6.32. The standard InChI is InChI=1S/C12H8ClN3O4/c13-10-2-1-8(4-11(10)16(19)20)15-12(18)7-3-9(17)6-14-5-7/h1-6,17H,(H,15,18). The minimum absolute atomic E-state index is 0.0213. The SMILES string of the molecule is O=C(Nc1ccc(Cl)c([N+](=O)[O-])c1)c1cncc(O)c1. The number of pyridine rings is 1. The van der Waals surface area contributed by atoms with Gasteiger partial charge < -0.3 is 10.4 Å². The first-order valence-electron chi connectivity index (χ1n) is 5.36. The fourth-order valence-electron chi connectivity index (χ4n) is 1.49. The molecule has 0 fully saturated rings. The van der Waals surface area contributed by atoms with E-state index in [4.69, 9.17) is 11.6 Å². The molecule has 1 aromatic heterocycles. The molecule has 0 unspecified atom stereocenters. The zero-order valence-corrected chi connectivity index (χ0v) is 10.7. The second-order valence-electron chi connectivity index (χ2n) is 3.81. The number of hydrogen-bond acceptors (Lipinski definition) is 5. The summed E-state index contributed by atoms with van der Waals surface area (Å²) in [7, 11) is 0. The molecule has 0 bridgehead atoms. The highest BCUT2D eigenvalue weighted by atomic mass is 35.5. The molecule has 7 nitrogen and oxygen atoms in total. The number of hydrogen-bond donors (Lipinski definition) is 2. The molecule has 20 heavy (non-hydrogen) atoms. The van der Waals surface area contributed by atoms with Crippen molar-refractivity contribution in [2.75, 3.05) is 5.32 Å². The highest BCUT2D eigenvalue weighted by Gasteiger charge is 2.14. The third-order valence-corrected chi connectivity index (χ3v) is 2.71.